The first-order valence-electron chi connectivity index (χ1n) is 10.9. The summed E-state index contributed by atoms with van der Waals surface area (Å²) in [7, 11) is -2.15. The van der Waals surface area contributed by atoms with Gasteiger partial charge in [0, 0.05) is 66.3 Å². The molecule has 4 aromatic rings. The highest BCUT2D eigenvalue weighted by atomic mass is 35.5. The second-order valence-electron chi connectivity index (χ2n) is 8.32. The van der Waals surface area contributed by atoms with Crippen LogP contribution in [0.5, 0.6) is 0 Å². The van der Waals surface area contributed by atoms with E-state index >= 15 is 0 Å². The van der Waals surface area contributed by atoms with Gasteiger partial charge in [0.2, 0.25) is 0 Å². The number of carbonyl (C=O) groups is 1. The number of nitrogens with zero attached hydrogens (tertiary/aromatic N) is 4. The highest BCUT2D eigenvalue weighted by Crippen LogP contribution is 2.25. The van der Waals surface area contributed by atoms with Gasteiger partial charge in [0.15, 0.2) is 0 Å². The quantitative estimate of drug-likeness (QED) is 0.453. The highest BCUT2D eigenvalue weighted by Gasteiger charge is 2.31. The van der Waals surface area contributed by atoms with Crippen molar-refractivity contribution in [2.45, 2.75) is 5.03 Å². The van der Waals surface area contributed by atoms with Crippen LogP contribution in [0.4, 0.5) is 0 Å². The molecule has 0 unspecified atom stereocenters. The van der Waals surface area contributed by atoms with Gasteiger partial charge in [-0.3, -0.25) is 9.59 Å². The topological polar surface area (TPSA) is 108 Å². The Morgan fingerprint density at radius 2 is 1.69 bits per heavy atom. The van der Waals surface area contributed by atoms with Crippen molar-refractivity contribution in [3.63, 3.8) is 0 Å². The van der Waals surface area contributed by atoms with Crippen molar-refractivity contribution in [1.82, 2.24) is 24.0 Å². The number of carbonyl (C=O) groups excluding carboxylic acids is 1. The van der Waals surface area contributed by atoms with Crippen molar-refractivity contribution < 1.29 is 13.2 Å². The van der Waals surface area contributed by atoms with Gasteiger partial charge in [-0.2, -0.15) is 9.40 Å². The van der Waals surface area contributed by atoms with E-state index in [1.54, 1.807) is 66.5 Å². The van der Waals surface area contributed by atoms with E-state index in [1.807, 2.05) is 0 Å². The Hall–Kier alpha value is -3.47. The van der Waals surface area contributed by atoms with Crippen molar-refractivity contribution in [2.75, 3.05) is 26.2 Å². The highest BCUT2D eigenvalue weighted by molar-refractivity contribution is 7.89. The van der Waals surface area contributed by atoms with Crippen LogP contribution in [0.15, 0.2) is 70.5 Å². The molecule has 9 nitrogen and oxygen atoms in total. The fraction of sp³-hybridized carbons (Fsp3) is 0.208. The van der Waals surface area contributed by atoms with Crippen molar-refractivity contribution in [2.24, 2.45) is 7.05 Å². The van der Waals surface area contributed by atoms with Crippen LogP contribution in [0.25, 0.3) is 22.2 Å². The number of rotatable bonds is 4. The predicted octanol–water partition coefficient (Wildman–Crippen LogP) is 2.73. The van der Waals surface area contributed by atoms with Crippen LogP contribution in [0.1, 0.15) is 10.4 Å². The second-order valence-corrected chi connectivity index (χ2v) is 10.7. The molecule has 0 aliphatic carbocycles. The van der Waals surface area contributed by atoms with Gasteiger partial charge in [-0.05, 0) is 42.5 Å². The molecule has 3 heterocycles. The zero-order valence-corrected chi connectivity index (χ0v) is 20.4. The lowest BCUT2D eigenvalue weighted by atomic mass is 10.1. The van der Waals surface area contributed by atoms with Crippen LogP contribution in [-0.2, 0) is 17.1 Å². The van der Waals surface area contributed by atoms with Crippen molar-refractivity contribution >= 4 is 38.4 Å². The molecule has 2 aromatic carbocycles. The number of piperazine rings is 1. The van der Waals surface area contributed by atoms with E-state index in [4.69, 9.17) is 11.6 Å². The van der Waals surface area contributed by atoms with Gasteiger partial charge in [0.05, 0.1) is 5.69 Å². The molecule has 1 aliphatic heterocycles. The lowest BCUT2D eigenvalue weighted by Gasteiger charge is -2.33. The van der Waals surface area contributed by atoms with E-state index in [-0.39, 0.29) is 42.7 Å². The molecule has 0 radical (unpaired) electrons. The van der Waals surface area contributed by atoms with Crippen molar-refractivity contribution in [3.8, 4) is 11.3 Å². The molecule has 0 atom stereocenters. The van der Waals surface area contributed by atoms with Crippen molar-refractivity contribution in [3.05, 3.63) is 81.6 Å². The number of aromatic nitrogens is 3. The second kappa shape index (κ2) is 8.95. The van der Waals surface area contributed by atoms with Gasteiger partial charge >= 0.3 is 0 Å². The molecule has 11 heteroatoms. The molecule has 180 valence electrons. The van der Waals surface area contributed by atoms with Gasteiger partial charge < -0.3 is 9.88 Å². The van der Waals surface area contributed by atoms with Crippen molar-refractivity contribution in [1.29, 1.82) is 0 Å². The fourth-order valence-corrected chi connectivity index (χ4v) is 5.73. The maximum absolute atomic E-state index is 13.1. The van der Waals surface area contributed by atoms with Crippen LogP contribution < -0.4 is 5.56 Å². The fourth-order valence-electron chi connectivity index (χ4n) is 4.11. The Labute approximate surface area is 206 Å². The van der Waals surface area contributed by atoms with E-state index in [1.165, 1.54) is 15.1 Å². The summed E-state index contributed by atoms with van der Waals surface area (Å²) in [6, 6.07) is 16.8. The summed E-state index contributed by atoms with van der Waals surface area (Å²) in [6.45, 7) is 0.969. The summed E-state index contributed by atoms with van der Waals surface area (Å²) in [5.74, 6) is -0.165. The molecule has 1 N–H and O–H groups in total. The minimum Gasteiger partial charge on any atom is -0.345 e. The number of fused-ring (bicyclic) bond motifs is 1. The Morgan fingerprint density at radius 1 is 0.971 bits per heavy atom. The first kappa shape index (κ1) is 23.3. The summed E-state index contributed by atoms with van der Waals surface area (Å²) >= 11 is 6.01. The molecule has 35 heavy (non-hydrogen) atoms. The van der Waals surface area contributed by atoms with Gasteiger partial charge in [-0.25, -0.2) is 13.1 Å². The SMILES string of the molecule is Cn1nc(-c2ccc(C(=O)N3CCN(S(=O)(=O)c4cc5cc(Cl)ccc5[nH]4)CC3)cc2)ccc1=O. The summed E-state index contributed by atoms with van der Waals surface area (Å²) in [5.41, 5.74) is 2.41. The average molecular weight is 512 g/mol. The van der Waals surface area contributed by atoms with Crippen LogP contribution >= 0.6 is 11.6 Å². The first-order valence-corrected chi connectivity index (χ1v) is 12.8. The monoisotopic (exact) mass is 511 g/mol. The third kappa shape index (κ3) is 4.47. The number of amides is 1. The average Bonchev–Trinajstić information content (AvgIpc) is 3.30. The summed E-state index contributed by atoms with van der Waals surface area (Å²) in [4.78, 5) is 29.1. The molecule has 0 spiro atoms. The number of hydrogen-bond acceptors (Lipinski definition) is 5. The summed E-state index contributed by atoms with van der Waals surface area (Å²) in [6.07, 6.45) is 0. The molecule has 1 saturated heterocycles. The van der Waals surface area contributed by atoms with E-state index in [2.05, 4.69) is 10.1 Å². The first-order chi connectivity index (χ1) is 16.7. The maximum Gasteiger partial charge on any atom is 0.266 e. The Balaban J connectivity index is 1.26. The number of halogens is 1. The van der Waals surface area contributed by atoms with E-state index < -0.39 is 10.0 Å². The zero-order valence-electron chi connectivity index (χ0n) is 18.8. The number of hydrogen-bond donors (Lipinski definition) is 1. The van der Waals surface area contributed by atoms with Gasteiger partial charge in [0.1, 0.15) is 5.03 Å². The number of aromatic amines is 1. The van der Waals surface area contributed by atoms with Crippen LogP contribution in [0.2, 0.25) is 5.02 Å². The summed E-state index contributed by atoms with van der Waals surface area (Å²) < 4.78 is 28.9. The molecular formula is C24H22ClN5O4S. The third-order valence-electron chi connectivity index (χ3n) is 6.09. The van der Waals surface area contributed by atoms with Gasteiger partial charge in [-0.15, -0.1) is 0 Å². The molecule has 1 amide bonds. The van der Waals surface area contributed by atoms with E-state index in [0.717, 1.165) is 10.9 Å². The largest absolute Gasteiger partial charge is 0.345 e. The lowest BCUT2D eigenvalue weighted by Crippen LogP contribution is -2.50. The minimum atomic E-state index is -3.73. The molecule has 1 fully saturated rings. The molecule has 5 rings (SSSR count). The Morgan fingerprint density at radius 3 is 2.37 bits per heavy atom. The standard InChI is InChI=1S/C24H22ClN5O4S/c1-28-23(31)9-8-21(27-28)16-2-4-17(5-3-16)24(32)29-10-12-30(13-11-29)35(33,34)22-15-18-14-19(25)6-7-20(18)26-22/h2-9,14-15,26H,10-13H2,1H3. The molecule has 0 bridgehead atoms. The molecule has 2 aromatic heterocycles. The van der Waals surface area contributed by atoms with Crippen LogP contribution in [-0.4, -0.2) is 64.5 Å². The lowest BCUT2D eigenvalue weighted by molar-refractivity contribution is 0.0698. The predicted molar refractivity (Wildman–Crippen MR) is 133 cm³/mol. The zero-order chi connectivity index (χ0) is 24.7. The van der Waals surface area contributed by atoms with Gasteiger partial charge in [0.25, 0.3) is 21.5 Å². The minimum absolute atomic E-state index is 0.108. The smallest absolute Gasteiger partial charge is 0.266 e. The van der Waals surface area contributed by atoms with Crippen LogP contribution in [0, 0.1) is 0 Å². The number of aryl methyl sites for hydroxylation is 1. The molecule has 1 aliphatic rings. The Bertz CT molecular complexity index is 1590. The normalized spacial score (nSPS) is 15.0. The van der Waals surface area contributed by atoms with E-state index in [0.29, 0.717) is 21.8 Å². The third-order valence-corrected chi connectivity index (χ3v) is 8.15. The summed E-state index contributed by atoms with van der Waals surface area (Å²) in [5, 5.41) is 5.58. The number of H-pyrrole nitrogens is 1. The molecular weight excluding hydrogens is 490 g/mol. The van der Waals surface area contributed by atoms with E-state index in [9.17, 15) is 18.0 Å². The number of benzene rings is 2. The van der Waals surface area contributed by atoms with Gasteiger partial charge in [-0.1, -0.05) is 23.7 Å². The van der Waals surface area contributed by atoms with Crippen LogP contribution in [0.3, 0.4) is 0 Å². The Kier molecular flexibility index (Phi) is 5.96. The maximum atomic E-state index is 13.1. The molecule has 0 saturated carbocycles. The number of sulfonamides is 1. The number of nitrogens with one attached hydrogen (secondary N) is 1.